The normalized spacial score (nSPS) is 12.6. The molecule has 0 aliphatic carbocycles. The first-order valence-electron chi connectivity index (χ1n) is 6.59. The average molecular weight is 271 g/mol. The lowest BCUT2D eigenvalue weighted by atomic mass is 10.2. The molecule has 1 rings (SSSR count). The third-order valence-electron chi connectivity index (χ3n) is 2.63. The van der Waals surface area contributed by atoms with E-state index in [1.165, 1.54) is 5.75 Å². The summed E-state index contributed by atoms with van der Waals surface area (Å²) in [7, 11) is 0. The molecule has 0 radical (unpaired) electrons. The van der Waals surface area contributed by atoms with Crippen molar-refractivity contribution in [2.45, 2.75) is 26.8 Å². The molecule has 0 amide bonds. The van der Waals surface area contributed by atoms with Crippen LogP contribution in [0.3, 0.4) is 0 Å². The number of rotatable bonds is 10. The summed E-state index contributed by atoms with van der Waals surface area (Å²) in [5.41, 5.74) is 0. The van der Waals surface area contributed by atoms with Crippen LogP contribution in [-0.4, -0.2) is 41.3 Å². The number of nitrogens with zero attached hydrogens (tertiary/aromatic N) is 2. The van der Waals surface area contributed by atoms with Crippen LogP contribution in [0, 0.1) is 5.92 Å². The average Bonchev–Trinajstić information content (AvgIpc) is 2.77. The highest BCUT2D eigenvalue weighted by Gasteiger charge is 2.06. The van der Waals surface area contributed by atoms with Gasteiger partial charge < -0.3 is 14.6 Å². The fourth-order valence-electron chi connectivity index (χ4n) is 1.82. The van der Waals surface area contributed by atoms with Crippen LogP contribution >= 0.6 is 11.8 Å². The van der Waals surface area contributed by atoms with Crippen LogP contribution in [-0.2, 0) is 11.3 Å². The fraction of sp³-hybridized carbons (Fsp3) is 0.769. The maximum atomic E-state index is 5.31. The van der Waals surface area contributed by atoms with Crippen LogP contribution in [0.15, 0.2) is 12.4 Å². The summed E-state index contributed by atoms with van der Waals surface area (Å²) in [6.45, 7) is 7.83. The largest absolute Gasteiger partial charge is 0.382 e. The molecule has 104 valence electrons. The molecule has 0 spiro atoms. The van der Waals surface area contributed by atoms with Gasteiger partial charge in [-0.2, -0.15) is 11.8 Å². The van der Waals surface area contributed by atoms with E-state index in [0.29, 0.717) is 5.92 Å². The molecule has 1 heterocycles. The minimum Gasteiger partial charge on any atom is -0.382 e. The molecule has 18 heavy (non-hydrogen) atoms. The lowest BCUT2D eigenvalue weighted by Crippen LogP contribution is -2.14. The van der Waals surface area contributed by atoms with Gasteiger partial charge in [-0.25, -0.2) is 4.98 Å². The molecule has 0 saturated heterocycles. The van der Waals surface area contributed by atoms with Crippen molar-refractivity contribution < 1.29 is 4.74 Å². The summed E-state index contributed by atoms with van der Waals surface area (Å²) in [4.78, 5) is 4.35. The number of hydrogen-bond acceptors (Lipinski definition) is 4. The standard InChI is InChI=1S/C13H25N3OS/c1-4-17-9-5-6-14-13-15-7-8-16(13)10-12(2)11-18-3/h7-8,12H,4-6,9-11H2,1-3H3,(H,14,15). The number of anilines is 1. The van der Waals surface area contributed by atoms with E-state index in [-0.39, 0.29) is 0 Å². The van der Waals surface area contributed by atoms with E-state index in [1.807, 2.05) is 31.1 Å². The quantitative estimate of drug-likeness (QED) is 0.664. The Hall–Kier alpha value is -0.680. The molecule has 0 aliphatic heterocycles. The van der Waals surface area contributed by atoms with E-state index < -0.39 is 0 Å². The van der Waals surface area contributed by atoms with Crippen molar-refractivity contribution in [2.75, 3.05) is 37.1 Å². The molecule has 1 N–H and O–H groups in total. The summed E-state index contributed by atoms with van der Waals surface area (Å²) in [5.74, 6) is 2.82. The van der Waals surface area contributed by atoms with Crippen molar-refractivity contribution in [3.63, 3.8) is 0 Å². The topological polar surface area (TPSA) is 39.1 Å². The monoisotopic (exact) mass is 271 g/mol. The number of aromatic nitrogens is 2. The van der Waals surface area contributed by atoms with Crippen molar-refractivity contribution in [1.29, 1.82) is 0 Å². The molecule has 0 saturated carbocycles. The van der Waals surface area contributed by atoms with Gasteiger partial charge in [0.1, 0.15) is 0 Å². The number of hydrogen-bond donors (Lipinski definition) is 1. The number of imidazole rings is 1. The summed E-state index contributed by atoms with van der Waals surface area (Å²) in [5, 5.41) is 3.36. The van der Waals surface area contributed by atoms with Gasteiger partial charge in [-0.1, -0.05) is 6.92 Å². The predicted octanol–water partition coefficient (Wildman–Crippen LogP) is 2.72. The SMILES string of the molecule is CCOCCCNc1nccn1CC(C)CSC. The van der Waals surface area contributed by atoms with E-state index in [2.05, 4.69) is 28.0 Å². The highest BCUT2D eigenvalue weighted by atomic mass is 32.2. The third-order valence-corrected chi connectivity index (χ3v) is 3.53. The molecule has 5 heteroatoms. The number of nitrogens with one attached hydrogen (secondary N) is 1. The molecule has 1 aromatic heterocycles. The van der Waals surface area contributed by atoms with Crippen LogP contribution in [0.2, 0.25) is 0 Å². The fourth-order valence-corrected chi connectivity index (χ4v) is 2.49. The van der Waals surface area contributed by atoms with Gasteiger partial charge >= 0.3 is 0 Å². The summed E-state index contributed by atoms with van der Waals surface area (Å²) < 4.78 is 7.51. The Morgan fingerprint density at radius 2 is 2.39 bits per heavy atom. The Morgan fingerprint density at radius 3 is 3.11 bits per heavy atom. The van der Waals surface area contributed by atoms with Gasteiger partial charge in [0.25, 0.3) is 0 Å². The summed E-state index contributed by atoms with van der Waals surface area (Å²) >= 11 is 1.89. The van der Waals surface area contributed by atoms with E-state index in [0.717, 1.165) is 38.7 Å². The first-order chi connectivity index (χ1) is 8.77. The zero-order valence-corrected chi connectivity index (χ0v) is 12.5. The van der Waals surface area contributed by atoms with Crippen molar-refractivity contribution in [3.8, 4) is 0 Å². The van der Waals surface area contributed by atoms with Gasteiger partial charge in [-0.15, -0.1) is 0 Å². The Bertz CT molecular complexity index is 317. The molecule has 1 unspecified atom stereocenters. The highest BCUT2D eigenvalue weighted by molar-refractivity contribution is 7.98. The van der Waals surface area contributed by atoms with Gasteiger partial charge in [0, 0.05) is 38.7 Å². The van der Waals surface area contributed by atoms with Crippen LogP contribution < -0.4 is 5.32 Å². The van der Waals surface area contributed by atoms with Crippen molar-refractivity contribution in [3.05, 3.63) is 12.4 Å². The van der Waals surface area contributed by atoms with Crippen molar-refractivity contribution in [1.82, 2.24) is 9.55 Å². The third kappa shape index (κ3) is 5.78. The van der Waals surface area contributed by atoms with Gasteiger partial charge in [0.05, 0.1) is 0 Å². The van der Waals surface area contributed by atoms with Crippen molar-refractivity contribution in [2.24, 2.45) is 5.92 Å². The smallest absolute Gasteiger partial charge is 0.202 e. The van der Waals surface area contributed by atoms with Gasteiger partial charge in [-0.05, 0) is 31.3 Å². The molecule has 4 nitrogen and oxygen atoms in total. The minimum atomic E-state index is 0.665. The molecule has 0 aromatic carbocycles. The Kier molecular flexibility index (Phi) is 7.93. The van der Waals surface area contributed by atoms with Gasteiger partial charge in [0.15, 0.2) is 0 Å². The first-order valence-corrected chi connectivity index (χ1v) is 7.99. The van der Waals surface area contributed by atoms with Crippen LogP contribution in [0.5, 0.6) is 0 Å². The zero-order valence-electron chi connectivity index (χ0n) is 11.7. The molecule has 0 fully saturated rings. The van der Waals surface area contributed by atoms with Crippen molar-refractivity contribution >= 4 is 17.7 Å². The Balaban J connectivity index is 2.30. The predicted molar refractivity (Wildman–Crippen MR) is 79.4 cm³/mol. The van der Waals surface area contributed by atoms with Gasteiger partial charge in [0.2, 0.25) is 5.95 Å². The van der Waals surface area contributed by atoms with Gasteiger partial charge in [-0.3, -0.25) is 0 Å². The number of thioether (sulfide) groups is 1. The van der Waals surface area contributed by atoms with Crippen LogP contribution in [0.1, 0.15) is 20.3 Å². The summed E-state index contributed by atoms with van der Waals surface area (Å²) in [6.07, 6.45) is 7.07. The second-order valence-corrected chi connectivity index (χ2v) is 5.35. The second kappa shape index (κ2) is 9.28. The Labute approximate surface area is 115 Å². The molecular formula is C13H25N3OS. The van der Waals surface area contributed by atoms with E-state index >= 15 is 0 Å². The van der Waals surface area contributed by atoms with E-state index in [1.54, 1.807) is 0 Å². The van der Waals surface area contributed by atoms with Crippen LogP contribution in [0.4, 0.5) is 5.95 Å². The molecule has 1 aromatic rings. The van der Waals surface area contributed by atoms with Crippen LogP contribution in [0.25, 0.3) is 0 Å². The highest BCUT2D eigenvalue weighted by Crippen LogP contribution is 2.11. The molecule has 0 aliphatic rings. The van der Waals surface area contributed by atoms with E-state index in [9.17, 15) is 0 Å². The molecular weight excluding hydrogens is 246 g/mol. The maximum absolute atomic E-state index is 5.31. The molecule has 1 atom stereocenters. The van der Waals surface area contributed by atoms with E-state index in [4.69, 9.17) is 4.74 Å². The second-order valence-electron chi connectivity index (χ2n) is 4.44. The summed E-state index contributed by atoms with van der Waals surface area (Å²) in [6, 6.07) is 0. The number of ether oxygens (including phenoxy) is 1. The minimum absolute atomic E-state index is 0.665. The zero-order chi connectivity index (χ0) is 13.2. The molecule has 0 bridgehead atoms. The lowest BCUT2D eigenvalue weighted by Gasteiger charge is -2.14. The Morgan fingerprint density at radius 1 is 1.56 bits per heavy atom. The maximum Gasteiger partial charge on any atom is 0.202 e. The first kappa shape index (κ1) is 15.4. The lowest BCUT2D eigenvalue weighted by molar-refractivity contribution is 0.147.